The number of rotatable bonds is 5. The highest BCUT2D eigenvalue weighted by Crippen LogP contribution is 2.26. The van der Waals surface area contributed by atoms with Gasteiger partial charge in [0.25, 0.3) is 0 Å². The maximum Gasteiger partial charge on any atom is 0.325 e. The Kier molecular flexibility index (Phi) is 4.73. The quantitative estimate of drug-likeness (QED) is 0.821. The fourth-order valence-electron chi connectivity index (χ4n) is 2.49. The predicted molar refractivity (Wildman–Crippen MR) is 88.9 cm³/mol. The lowest BCUT2D eigenvalue weighted by Gasteiger charge is -2.11. The number of nitrogens with zero attached hydrogens (tertiary/aromatic N) is 4. The molecule has 9 heteroatoms. The Morgan fingerprint density at radius 2 is 1.96 bits per heavy atom. The third kappa shape index (κ3) is 3.22. The molecule has 1 aromatic carbocycles. The number of amides is 3. The number of halogens is 2. The summed E-state index contributed by atoms with van der Waals surface area (Å²) < 4.78 is 1.67. The Labute approximate surface area is 148 Å². The number of carbonyl (C=O) groups excluding carboxylic acids is 2. The van der Waals surface area contributed by atoms with Crippen LogP contribution in [0.5, 0.6) is 0 Å². The SMILES string of the molecule is CCn1nc(Cc2c(Cl)cccc2Cl)nc1CN1C(=O)CNC1=O. The second kappa shape index (κ2) is 6.78. The van der Waals surface area contributed by atoms with Crippen LogP contribution in [0.25, 0.3) is 0 Å². The van der Waals surface area contributed by atoms with E-state index in [1.807, 2.05) is 6.92 Å². The zero-order chi connectivity index (χ0) is 17.3. The van der Waals surface area contributed by atoms with E-state index in [1.165, 1.54) is 0 Å². The van der Waals surface area contributed by atoms with Crippen LogP contribution in [0, 0.1) is 0 Å². The Bertz CT molecular complexity index is 769. The molecule has 0 atom stereocenters. The molecule has 1 aromatic heterocycles. The van der Waals surface area contributed by atoms with E-state index in [2.05, 4.69) is 15.4 Å². The Morgan fingerprint density at radius 3 is 2.54 bits per heavy atom. The summed E-state index contributed by atoms with van der Waals surface area (Å²) in [6, 6.07) is 4.87. The Hall–Kier alpha value is -2.12. The number of hydrogen-bond donors (Lipinski definition) is 1. The molecular formula is C15H15Cl2N5O2. The summed E-state index contributed by atoms with van der Waals surface area (Å²) in [5, 5.41) is 8.00. The van der Waals surface area contributed by atoms with Gasteiger partial charge in [-0.05, 0) is 24.6 Å². The van der Waals surface area contributed by atoms with Crippen molar-refractivity contribution in [1.29, 1.82) is 0 Å². The molecule has 126 valence electrons. The average molecular weight is 368 g/mol. The Balaban J connectivity index is 1.85. The van der Waals surface area contributed by atoms with Crippen molar-refractivity contribution in [2.24, 2.45) is 0 Å². The van der Waals surface area contributed by atoms with Crippen LogP contribution in [0.4, 0.5) is 4.79 Å². The third-order valence-corrected chi connectivity index (χ3v) is 4.43. The molecule has 0 aliphatic carbocycles. The molecule has 7 nitrogen and oxygen atoms in total. The van der Waals surface area contributed by atoms with Crippen LogP contribution in [-0.4, -0.2) is 38.1 Å². The maximum absolute atomic E-state index is 11.7. The number of benzene rings is 1. The average Bonchev–Trinajstić information content (AvgIpc) is 3.09. The summed E-state index contributed by atoms with van der Waals surface area (Å²) in [6.45, 7) is 2.58. The van der Waals surface area contributed by atoms with Gasteiger partial charge in [0.15, 0.2) is 5.82 Å². The predicted octanol–water partition coefficient (Wildman–Crippen LogP) is 2.25. The standard InChI is InChI=1S/C15H15Cl2N5O2/c1-2-22-13(8-21-14(23)7-18-15(21)24)19-12(20-22)6-9-10(16)4-3-5-11(9)17/h3-5H,2,6-8H2,1H3,(H,18,24). The smallest absolute Gasteiger partial charge is 0.325 e. The monoisotopic (exact) mass is 367 g/mol. The first kappa shape index (κ1) is 16.7. The zero-order valence-corrected chi connectivity index (χ0v) is 14.4. The van der Waals surface area contributed by atoms with E-state index in [0.717, 1.165) is 10.5 Å². The lowest BCUT2D eigenvalue weighted by Crippen LogP contribution is -2.31. The molecule has 1 aliphatic heterocycles. The van der Waals surface area contributed by atoms with Crippen molar-refractivity contribution in [2.75, 3.05) is 6.54 Å². The lowest BCUT2D eigenvalue weighted by molar-refractivity contribution is -0.125. The number of carbonyl (C=O) groups is 2. The summed E-state index contributed by atoms with van der Waals surface area (Å²) >= 11 is 12.4. The van der Waals surface area contributed by atoms with E-state index in [0.29, 0.717) is 34.7 Å². The van der Waals surface area contributed by atoms with Gasteiger partial charge in [-0.2, -0.15) is 5.10 Å². The normalized spacial score (nSPS) is 14.4. The number of aryl methyl sites for hydroxylation is 1. The topological polar surface area (TPSA) is 80.1 Å². The van der Waals surface area contributed by atoms with Gasteiger partial charge in [0.2, 0.25) is 5.91 Å². The van der Waals surface area contributed by atoms with Gasteiger partial charge in [0.05, 0.1) is 13.1 Å². The third-order valence-electron chi connectivity index (χ3n) is 3.72. The fourth-order valence-corrected chi connectivity index (χ4v) is 3.02. The zero-order valence-electron chi connectivity index (χ0n) is 12.9. The van der Waals surface area contributed by atoms with Crippen LogP contribution in [-0.2, 0) is 24.3 Å². The van der Waals surface area contributed by atoms with E-state index in [4.69, 9.17) is 23.2 Å². The molecule has 1 aliphatic rings. The summed E-state index contributed by atoms with van der Waals surface area (Å²) in [5.41, 5.74) is 0.746. The van der Waals surface area contributed by atoms with Gasteiger partial charge < -0.3 is 5.32 Å². The molecule has 2 heterocycles. The van der Waals surface area contributed by atoms with Crippen LogP contribution in [0.3, 0.4) is 0 Å². The van der Waals surface area contributed by atoms with Crippen LogP contribution in [0.2, 0.25) is 10.0 Å². The number of aromatic nitrogens is 3. The summed E-state index contributed by atoms with van der Waals surface area (Å²) in [4.78, 5) is 29.0. The maximum atomic E-state index is 11.7. The molecule has 0 saturated carbocycles. The number of imide groups is 1. The van der Waals surface area contributed by atoms with Crippen LogP contribution >= 0.6 is 23.2 Å². The van der Waals surface area contributed by atoms with Gasteiger partial charge in [-0.25, -0.2) is 14.5 Å². The van der Waals surface area contributed by atoms with E-state index in [9.17, 15) is 9.59 Å². The number of urea groups is 1. The van der Waals surface area contributed by atoms with E-state index in [-0.39, 0.29) is 19.0 Å². The van der Waals surface area contributed by atoms with Crippen molar-refractivity contribution >= 4 is 35.1 Å². The van der Waals surface area contributed by atoms with Crippen LogP contribution < -0.4 is 5.32 Å². The fraction of sp³-hybridized carbons (Fsp3) is 0.333. The molecule has 0 unspecified atom stereocenters. The molecule has 24 heavy (non-hydrogen) atoms. The van der Waals surface area contributed by atoms with Gasteiger partial charge in [-0.1, -0.05) is 29.3 Å². The van der Waals surface area contributed by atoms with Crippen molar-refractivity contribution in [3.63, 3.8) is 0 Å². The summed E-state index contributed by atoms with van der Waals surface area (Å²) in [7, 11) is 0. The minimum atomic E-state index is -0.415. The molecule has 0 bridgehead atoms. The highest BCUT2D eigenvalue weighted by molar-refractivity contribution is 6.36. The first-order chi connectivity index (χ1) is 11.5. The largest absolute Gasteiger partial charge is 0.329 e. The highest BCUT2D eigenvalue weighted by Gasteiger charge is 2.30. The summed E-state index contributed by atoms with van der Waals surface area (Å²) in [6.07, 6.45) is 0.374. The van der Waals surface area contributed by atoms with E-state index >= 15 is 0 Å². The van der Waals surface area contributed by atoms with Crippen molar-refractivity contribution < 1.29 is 9.59 Å². The van der Waals surface area contributed by atoms with Crippen LogP contribution in [0.1, 0.15) is 24.1 Å². The molecule has 1 saturated heterocycles. The van der Waals surface area contributed by atoms with Gasteiger partial charge >= 0.3 is 6.03 Å². The minimum absolute atomic E-state index is 0.0151. The molecular weight excluding hydrogens is 353 g/mol. The molecule has 3 rings (SSSR count). The van der Waals surface area contributed by atoms with Crippen molar-refractivity contribution in [3.05, 3.63) is 45.5 Å². The first-order valence-electron chi connectivity index (χ1n) is 7.43. The molecule has 0 spiro atoms. The lowest BCUT2D eigenvalue weighted by atomic mass is 10.1. The van der Waals surface area contributed by atoms with E-state index < -0.39 is 6.03 Å². The minimum Gasteiger partial charge on any atom is -0.329 e. The van der Waals surface area contributed by atoms with E-state index in [1.54, 1.807) is 22.9 Å². The molecule has 1 N–H and O–H groups in total. The van der Waals surface area contributed by atoms with Gasteiger partial charge in [0.1, 0.15) is 5.82 Å². The molecule has 0 radical (unpaired) electrons. The van der Waals surface area contributed by atoms with Crippen molar-refractivity contribution in [3.8, 4) is 0 Å². The number of nitrogens with one attached hydrogen (secondary N) is 1. The highest BCUT2D eigenvalue weighted by atomic mass is 35.5. The molecule has 1 fully saturated rings. The van der Waals surface area contributed by atoms with Crippen molar-refractivity contribution in [1.82, 2.24) is 25.0 Å². The molecule has 3 amide bonds. The van der Waals surface area contributed by atoms with Gasteiger partial charge in [-0.3, -0.25) is 9.69 Å². The summed E-state index contributed by atoms with van der Waals surface area (Å²) in [5.74, 6) is 0.802. The van der Waals surface area contributed by atoms with Crippen LogP contribution in [0.15, 0.2) is 18.2 Å². The number of hydrogen-bond acceptors (Lipinski definition) is 4. The van der Waals surface area contributed by atoms with Gasteiger partial charge in [0, 0.05) is 23.0 Å². The second-order valence-corrected chi connectivity index (χ2v) is 6.09. The second-order valence-electron chi connectivity index (χ2n) is 5.28. The van der Waals surface area contributed by atoms with Gasteiger partial charge in [-0.15, -0.1) is 0 Å². The Morgan fingerprint density at radius 1 is 1.25 bits per heavy atom. The first-order valence-corrected chi connectivity index (χ1v) is 8.19. The molecule has 2 aromatic rings. The van der Waals surface area contributed by atoms with Crippen molar-refractivity contribution in [2.45, 2.75) is 26.4 Å².